The van der Waals surface area contributed by atoms with Gasteiger partial charge in [0.05, 0.1) is 6.61 Å². The standard InChI is InChI=1S/C22H26O3/c1-13-9-18(19(23)10-14(13)2)16-11-15-5-6-20-17(21(15)24-12-16)7-8-22(3,4)25-20/h5-6,9-10,16,23H,7-8,11-12H2,1-4H3. The zero-order valence-corrected chi connectivity index (χ0v) is 15.5. The summed E-state index contributed by atoms with van der Waals surface area (Å²) in [7, 11) is 0. The molecule has 0 aromatic heterocycles. The van der Waals surface area contributed by atoms with Crippen molar-refractivity contribution in [3.63, 3.8) is 0 Å². The molecule has 0 bridgehead atoms. The number of phenols is 1. The SMILES string of the molecule is Cc1cc(O)c(C2COc3c(ccc4c3CCC(C)(C)O4)C2)cc1C. The number of hydrogen-bond donors (Lipinski definition) is 1. The number of aromatic hydroxyl groups is 1. The van der Waals surface area contributed by atoms with E-state index in [1.165, 1.54) is 16.7 Å². The predicted molar refractivity (Wildman–Crippen MR) is 99.0 cm³/mol. The lowest BCUT2D eigenvalue weighted by Gasteiger charge is -2.36. The Kier molecular flexibility index (Phi) is 3.71. The molecule has 2 heterocycles. The summed E-state index contributed by atoms with van der Waals surface area (Å²) in [5.41, 5.74) is 5.63. The van der Waals surface area contributed by atoms with Gasteiger partial charge in [0.25, 0.3) is 0 Å². The first-order valence-corrected chi connectivity index (χ1v) is 9.11. The second-order valence-corrected chi connectivity index (χ2v) is 8.10. The molecule has 0 saturated carbocycles. The van der Waals surface area contributed by atoms with E-state index in [9.17, 15) is 5.11 Å². The summed E-state index contributed by atoms with van der Waals surface area (Å²) < 4.78 is 12.3. The molecule has 132 valence electrons. The van der Waals surface area contributed by atoms with Gasteiger partial charge in [-0.25, -0.2) is 0 Å². The zero-order chi connectivity index (χ0) is 17.8. The molecule has 1 unspecified atom stereocenters. The highest BCUT2D eigenvalue weighted by Gasteiger charge is 2.32. The third kappa shape index (κ3) is 2.86. The first kappa shape index (κ1) is 16.3. The molecule has 2 aliphatic rings. The average Bonchev–Trinajstić information content (AvgIpc) is 2.56. The summed E-state index contributed by atoms with van der Waals surface area (Å²) in [6.45, 7) is 8.98. The summed E-state index contributed by atoms with van der Waals surface area (Å²) in [5.74, 6) is 2.53. The summed E-state index contributed by atoms with van der Waals surface area (Å²) >= 11 is 0. The van der Waals surface area contributed by atoms with Crippen LogP contribution in [-0.2, 0) is 12.8 Å². The van der Waals surface area contributed by atoms with Crippen molar-refractivity contribution in [3.05, 3.63) is 52.1 Å². The van der Waals surface area contributed by atoms with Gasteiger partial charge in [-0.1, -0.05) is 12.1 Å². The number of aryl methyl sites for hydroxylation is 2. The van der Waals surface area contributed by atoms with E-state index in [0.717, 1.165) is 41.9 Å². The molecule has 4 rings (SSSR count). The van der Waals surface area contributed by atoms with Gasteiger partial charge < -0.3 is 14.6 Å². The highest BCUT2D eigenvalue weighted by molar-refractivity contribution is 5.54. The van der Waals surface area contributed by atoms with Crippen LogP contribution >= 0.6 is 0 Å². The molecule has 2 aromatic carbocycles. The Hall–Kier alpha value is -2.16. The van der Waals surface area contributed by atoms with Gasteiger partial charge in [0.1, 0.15) is 22.8 Å². The maximum atomic E-state index is 10.4. The number of ether oxygens (including phenoxy) is 2. The van der Waals surface area contributed by atoms with Crippen LogP contribution in [0.4, 0.5) is 0 Å². The minimum absolute atomic E-state index is 0.107. The lowest BCUT2D eigenvalue weighted by molar-refractivity contribution is 0.0826. The van der Waals surface area contributed by atoms with Crippen molar-refractivity contribution in [2.45, 2.75) is 58.5 Å². The molecule has 0 aliphatic carbocycles. The number of fused-ring (bicyclic) bond motifs is 3. The highest BCUT2D eigenvalue weighted by atomic mass is 16.5. The third-order valence-electron chi connectivity index (χ3n) is 5.64. The highest BCUT2D eigenvalue weighted by Crippen LogP contribution is 2.44. The molecule has 3 nitrogen and oxygen atoms in total. The van der Waals surface area contributed by atoms with E-state index in [2.05, 4.69) is 39.0 Å². The molecule has 0 fully saturated rings. The minimum atomic E-state index is -0.107. The van der Waals surface area contributed by atoms with Crippen LogP contribution in [-0.4, -0.2) is 17.3 Å². The maximum Gasteiger partial charge on any atom is 0.129 e. The fourth-order valence-electron chi connectivity index (χ4n) is 3.96. The first-order valence-electron chi connectivity index (χ1n) is 9.11. The first-order chi connectivity index (χ1) is 11.8. The van der Waals surface area contributed by atoms with Crippen LogP contribution in [0, 0.1) is 13.8 Å². The number of benzene rings is 2. The smallest absolute Gasteiger partial charge is 0.129 e. The Morgan fingerprint density at radius 1 is 1.12 bits per heavy atom. The van der Waals surface area contributed by atoms with Crippen LogP contribution in [0.1, 0.15) is 54.0 Å². The van der Waals surface area contributed by atoms with Gasteiger partial charge in [-0.15, -0.1) is 0 Å². The van der Waals surface area contributed by atoms with Crippen molar-refractivity contribution in [2.75, 3.05) is 6.61 Å². The quantitative estimate of drug-likeness (QED) is 0.809. The lowest BCUT2D eigenvalue weighted by atomic mass is 9.85. The van der Waals surface area contributed by atoms with Gasteiger partial charge in [-0.05, 0) is 75.8 Å². The molecular formula is C22H26O3. The van der Waals surface area contributed by atoms with Gasteiger partial charge >= 0.3 is 0 Å². The largest absolute Gasteiger partial charge is 0.508 e. The van der Waals surface area contributed by atoms with Crippen LogP contribution < -0.4 is 9.47 Å². The molecule has 0 amide bonds. The topological polar surface area (TPSA) is 38.7 Å². The normalized spacial score (nSPS) is 20.9. The number of phenolic OH excluding ortho intramolecular Hbond substituents is 1. The van der Waals surface area contributed by atoms with E-state index in [0.29, 0.717) is 12.4 Å². The summed E-state index contributed by atoms with van der Waals surface area (Å²) in [6, 6.07) is 8.18. The van der Waals surface area contributed by atoms with E-state index < -0.39 is 0 Å². The monoisotopic (exact) mass is 338 g/mol. The summed E-state index contributed by atoms with van der Waals surface area (Å²) in [4.78, 5) is 0. The fourth-order valence-corrected chi connectivity index (χ4v) is 3.96. The van der Waals surface area contributed by atoms with Gasteiger partial charge in [0, 0.05) is 17.0 Å². The number of rotatable bonds is 1. The maximum absolute atomic E-state index is 10.4. The van der Waals surface area contributed by atoms with Crippen LogP contribution in [0.15, 0.2) is 24.3 Å². The van der Waals surface area contributed by atoms with Crippen LogP contribution in [0.3, 0.4) is 0 Å². The molecule has 0 radical (unpaired) electrons. The third-order valence-corrected chi connectivity index (χ3v) is 5.64. The van der Waals surface area contributed by atoms with Crippen LogP contribution in [0.25, 0.3) is 0 Å². The van der Waals surface area contributed by atoms with Crippen molar-refractivity contribution in [1.82, 2.24) is 0 Å². The average molecular weight is 338 g/mol. The zero-order valence-electron chi connectivity index (χ0n) is 15.5. The van der Waals surface area contributed by atoms with Crippen molar-refractivity contribution in [1.29, 1.82) is 0 Å². The Balaban J connectivity index is 1.66. The van der Waals surface area contributed by atoms with E-state index in [4.69, 9.17) is 9.47 Å². The van der Waals surface area contributed by atoms with E-state index >= 15 is 0 Å². The molecule has 1 atom stereocenters. The van der Waals surface area contributed by atoms with Gasteiger partial charge in [0.2, 0.25) is 0 Å². The van der Waals surface area contributed by atoms with Crippen molar-refractivity contribution < 1.29 is 14.6 Å². The van der Waals surface area contributed by atoms with Crippen LogP contribution in [0.5, 0.6) is 17.2 Å². The predicted octanol–water partition coefficient (Wildman–Crippen LogP) is 4.83. The fraction of sp³-hybridized carbons (Fsp3) is 0.455. The molecule has 2 aromatic rings. The molecule has 3 heteroatoms. The van der Waals surface area contributed by atoms with Crippen molar-refractivity contribution >= 4 is 0 Å². The van der Waals surface area contributed by atoms with E-state index in [-0.39, 0.29) is 11.5 Å². The second-order valence-electron chi connectivity index (χ2n) is 8.10. The van der Waals surface area contributed by atoms with Gasteiger partial charge in [0.15, 0.2) is 0 Å². The van der Waals surface area contributed by atoms with Crippen molar-refractivity contribution in [3.8, 4) is 17.2 Å². The molecular weight excluding hydrogens is 312 g/mol. The van der Waals surface area contributed by atoms with E-state index in [1.807, 2.05) is 13.0 Å². The Labute approximate surface area is 149 Å². The Bertz CT molecular complexity index is 836. The van der Waals surface area contributed by atoms with E-state index in [1.54, 1.807) is 0 Å². The molecule has 0 spiro atoms. The minimum Gasteiger partial charge on any atom is -0.508 e. The van der Waals surface area contributed by atoms with Crippen LogP contribution in [0.2, 0.25) is 0 Å². The summed E-state index contributed by atoms with van der Waals surface area (Å²) in [5, 5.41) is 10.4. The molecule has 0 saturated heterocycles. The molecule has 1 N–H and O–H groups in total. The van der Waals surface area contributed by atoms with Gasteiger partial charge in [-0.3, -0.25) is 0 Å². The van der Waals surface area contributed by atoms with Gasteiger partial charge in [-0.2, -0.15) is 0 Å². The van der Waals surface area contributed by atoms with Crippen molar-refractivity contribution in [2.24, 2.45) is 0 Å². The lowest BCUT2D eigenvalue weighted by Crippen LogP contribution is -2.33. The summed E-state index contributed by atoms with van der Waals surface area (Å²) in [6.07, 6.45) is 2.88. The molecule has 2 aliphatic heterocycles. The molecule has 25 heavy (non-hydrogen) atoms. The Morgan fingerprint density at radius 3 is 2.68 bits per heavy atom. The Morgan fingerprint density at radius 2 is 1.88 bits per heavy atom. The number of hydrogen-bond acceptors (Lipinski definition) is 3. The second kappa shape index (κ2) is 5.69.